The Hall–Kier alpha value is -3.36. The van der Waals surface area contributed by atoms with E-state index >= 15 is 0 Å². The second-order valence-electron chi connectivity index (χ2n) is 9.63. The van der Waals surface area contributed by atoms with Gasteiger partial charge in [-0.2, -0.15) is 0 Å². The van der Waals surface area contributed by atoms with Gasteiger partial charge in [0, 0.05) is 18.1 Å². The van der Waals surface area contributed by atoms with Gasteiger partial charge in [0.1, 0.15) is 12.6 Å². The smallest absolute Gasteiger partial charge is 0.264 e. The maximum absolute atomic E-state index is 13.9. The average molecular weight is 570 g/mol. The van der Waals surface area contributed by atoms with E-state index in [4.69, 9.17) is 11.6 Å². The summed E-state index contributed by atoms with van der Waals surface area (Å²) in [6.07, 6.45) is 1.75. The first-order chi connectivity index (χ1) is 18.5. The molecule has 1 unspecified atom stereocenters. The number of rotatable bonds is 12. The molecule has 0 spiro atoms. The first-order valence-corrected chi connectivity index (χ1v) is 14.8. The number of nitrogens with zero attached hydrogens (tertiary/aromatic N) is 2. The third kappa shape index (κ3) is 8.07. The Morgan fingerprint density at radius 3 is 2.03 bits per heavy atom. The largest absolute Gasteiger partial charge is 0.354 e. The van der Waals surface area contributed by atoms with E-state index in [1.54, 1.807) is 31.2 Å². The van der Waals surface area contributed by atoms with Gasteiger partial charge < -0.3 is 10.2 Å². The summed E-state index contributed by atoms with van der Waals surface area (Å²) in [5.41, 5.74) is 3.21. The summed E-state index contributed by atoms with van der Waals surface area (Å²) in [6, 6.07) is 19.6. The summed E-state index contributed by atoms with van der Waals surface area (Å²) in [7, 11) is -4.13. The number of aryl methyl sites for hydroxylation is 2. The highest BCUT2D eigenvalue weighted by atomic mass is 35.5. The number of benzene rings is 3. The van der Waals surface area contributed by atoms with Gasteiger partial charge in [-0.3, -0.25) is 13.9 Å². The Balaban J connectivity index is 1.98. The molecule has 3 aromatic rings. The number of hydrogen-bond acceptors (Lipinski definition) is 4. The number of carbonyl (C=O) groups is 2. The average Bonchev–Trinajstić information content (AvgIpc) is 2.91. The monoisotopic (exact) mass is 569 g/mol. The number of sulfonamides is 1. The maximum atomic E-state index is 13.9. The van der Waals surface area contributed by atoms with Crippen molar-refractivity contribution in [2.24, 2.45) is 0 Å². The highest BCUT2D eigenvalue weighted by Gasteiger charge is 2.32. The van der Waals surface area contributed by atoms with Gasteiger partial charge in [0.05, 0.1) is 10.6 Å². The van der Waals surface area contributed by atoms with Gasteiger partial charge in [0.2, 0.25) is 11.8 Å². The van der Waals surface area contributed by atoms with Crippen LogP contribution in [0.5, 0.6) is 0 Å². The second kappa shape index (κ2) is 13.6. The summed E-state index contributed by atoms with van der Waals surface area (Å²) in [4.78, 5) is 28.3. The molecule has 3 aromatic carbocycles. The van der Waals surface area contributed by atoms with Crippen LogP contribution in [0.1, 0.15) is 43.4 Å². The number of carbonyl (C=O) groups excluding carboxylic acids is 2. The Morgan fingerprint density at radius 2 is 1.46 bits per heavy atom. The fourth-order valence-corrected chi connectivity index (χ4v) is 5.52. The fraction of sp³-hybridized carbons (Fsp3) is 0.333. The third-order valence-electron chi connectivity index (χ3n) is 6.47. The van der Waals surface area contributed by atoms with Crippen LogP contribution >= 0.6 is 11.6 Å². The summed E-state index contributed by atoms with van der Waals surface area (Å²) < 4.78 is 28.7. The highest BCUT2D eigenvalue weighted by molar-refractivity contribution is 7.92. The maximum Gasteiger partial charge on any atom is 0.264 e. The SMILES string of the molecule is CCCCNC(=O)C(C)N(Cc1ccc(C)cc1)C(=O)CN(c1ccc(C)cc1)S(=O)(=O)c1ccc(Cl)cc1. The van der Waals surface area contributed by atoms with Crippen molar-refractivity contribution in [2.45, 2.75) is 58.0 Å². The summed E-state index contributed by atoms with van der Waals surface area (Å²) in [5, 5.41) is 3.29. The van der Waals surface area contributed by atoms with Gasteiger partial charge in [-0.05, 0) is 69.2 Å². The number of amides is 2. The van der Waals surface area contributed by atoms with E-state index in [0.717, 1.165) is 33.8 Å². The van der Waals surface area contributed by atoms with Crippen molar-refractivity contribution in [2.75, 3.05) is 17.4 Å². The first-order valence-electron chi connectivity index (χ1n) is 13.0. The lowest BCUT2D eigenvalue weighted by molar-refractivity contribution is -0.139. The van der Waals surface area contributed by atoms with Crippen LogP contribution in [0.15, 0.2) is 77.7 Å². The quantitative estimate of drug-likeness (QED) is 0.292. The molecule has 9 heteroatoms. The third-order valence-corrected chi connectivity index (χ3v) is 8.51. The van der Waals surface area contributed by atoms with Crippen LogP contribution < -0.4 is 9.62 Å². The number of unbranched alkanes of at least 4 members (excludes halogenated alkanes) is 1. The molecule has 0 saturated carbocycles. The van der Waals surface area contributed by atoms with Crippen molar-refractivity contribution in [3.8, 4) is 0 Å². The van der Waals surface area contributed by atoms with Gasteiger partial charge in [-0.15, -0.1) is 0 Å². The lowest BCUT2D eigenvalue weighted by Gasteiger charge is -2.32. The van der Waals surface area contributed by atoms with Crippen LogP contribution in [0.3, 0.4) is 0 Å². The van der Waals surface area contributed by atoms with Crippen molar-refractivity contribution in [3.63, 3.8) is 0 Å². The molecule has 0 radical (unpaired) electrons. The topological polar surface area (TPSA) is 86.8 Å². The molecule has 7 nitrogen and oxygen atoms in total. The molecule has 1 N–H and O–H groups in total. The van der Waals surface area contributed by atoms with Gasteiger partial charge >= 0.3 is 0 Å². The number of halogens is 1. The lowest BCUT2D eigenvalue weighted by atomic mass is 10.1. The molecule has 0 aromatic heterocycles. The Kier molecular flexibility index (Phi) is 10.5. The molecule has 39 heavy (non-hydrogen) atoms. The van der Waals surface area contributed by atoms with E-state index in [1.165, 1.54) is 29.2 Å². The van der Waals surface area contributed by atoms with Crippen molar-refractivity contribution >= 4 is 39.1 Å². The van der Waals surface area contributed by atoms with Crippen molar-refractivity contribution < 1.29 is 18.0 Å². The van der Waals surface area contributed by atoms with Crippen LogP contribution in [0, 0.1) is 13.8 Å². The molecule has 1 atom stereocenters. The molecule has 0 aliphatic rings. The predicted molar refractivity (Wildman–Crippen MR) is 156 cm³/mol. The molecule has 0 fully saturated rings. The van der Waals surface area contributed by atoms with E-state index in [-0.39, 0.29) is 17.3 Å². The number of hydrogen-bond donors (Lipinski definition) is 1. The zero-order chi connectivity index (χ0) is 28.6. The van der Waals surface area contributed by atoms with Crippen LogP contribution in [-0.2, 0) is 26.2 Å². The van der Waals surface area contributed by atoms with E-state index in [1.807, 2.05) is 45.0 Å². The normalized spacial score (nSPS) is 12.0. The minimum absolute atomic E-state index is 0.00992. The minimum Gasteiger partial charge on any atom is -0.354 e. The van der Waals surface area contributed by atoms with Crippen LogP contribution in [0.2, 0.25) is 5.02 Å². The van der Waals surface area contributed by atoms with Gasteiger partial charge in [0.15, 0.2) is 0 Å². The molecule has 2 amide bonds. The van der Waals surface area contributed by atoms with E-state index in [2.05, 4.69) is 5.32 Å². The van der Waals surface area contributed by atoms with Gasteiger partial charge in [-0.1, -0.05) is 72.5 Å². The minimum atomic E-state index is -4.13. The Morgan fingerprint density at radius 1 is 0.897 bits per heavy atom. The second-order valence-corrected chi connectivity index (χ2v) is 11.9. The molecule has 0 aliphatic carbocycles. The van der Waals surface area contributed by atoms with Crippen molar-refractivity contribution in [1.82, 2.24) is 10.2 Å². The Labute approximate surface area is 236 Å². The van der Waals surface area contributed by atoms with Crippen LogP contribution in [-0.4, -0.2) is 44.3 Å². The summed E-state index contributed by atoms with van der Waals surface area (Å²) in [5.74, 6) is -0.779. The van der Waals surface area contributed by atoms with Crippen LogP contribution in [0.4, 0.5) is 5.69 Å². The van der Waals surface area contributed by atoms with Gasteiger partial charge in [0.25, 0.3) is 10.0 Å². The molecule has 0 bridgehead atoms. The first kappa shape index (κ1) is 30.2. The molecule has 208 valence electrons. The molecular formula is C30H36ClN3O4S. The van der Waals surface area contributed by atoms with Gasteiger partial charge in [-0.25, -0.2) is 8.42 Å². The summed E-state index contributed by atoms with van der Waals surface area (Å²) in [6.45, 7) is 7.75. The Bertz CT molecular complexity index is 1360. The fourth-order valence-electron chi connectivity index (χ4n) is 3.98. The van der Waals surface area contributed by atoms with E-state index in [0.29, 0.717) is 17.3 Å². The molecular weight excluding hydrogens is 534 g/mol. The molecule has 0 aliphatic heterocycles. The molecule has 0 saturated heterocycles. The number of anilines is 1. The van der Waals surface area contributed by atoms with Crippen molar-refractivity contribution in [3.05, 3.63) is 94.5 Å². The predicted octanol–water partition coefficient (Wildman–Crippen LogP) is 5.49. The van der Waals surface area contributed by atoms with Crippen molar-refractivity contribution in [1.29, 1.82) is 0 Å². The molecule has 0 heterocycles. The zero-order valence-electron chi connectivity index (χ0n) is 22.9. The lowest BCUT2D eigenvalue weighted by Crippen LogP contribution is -2.51. The highest BCUT2D eigenvalue weighted by Crippen LogP contribution is 2.26. The van der Waals surface area contributed by atoms with E-state index < -0.39 is 28.5 Å². The zero-order valence-corrected chi connectivity index (χ0v) is 24.4. The standard InChI is InChI=1S/C30H36ClN3O4S/c1-5-6-19-32-30(36)24(4)33(20-25-11-7-22(2)8-12-25)29(35)21-34(27-15-9-23(3)10-16-27)39(37,38)28-17-13-26(31)14-18-28/h7-18,24H,5-6,19-21H2,1-4H3,(H,32,36). The number of nitrogens with one attached hydrogen (secondary N) is 1. The van der Waals surface area contributed by atoms with E-state index in [9.17, 15) is 18.0 Å². The van der Waals surface area contributed by atoms with Crippen LogP contribution in [0.25, 0.3) is 0 Å². The summed E-state index contributed by atoms with van der Waals surface area (Å²) >= 11 is 5.99. The molecule has 3 rings (SSSR count).